The Balaban J connectivity index is 0.00000144. The van der Waals surface area contributed by atoms with Gasteiger partial charge in [0, 0.05) is 12.8 Å². The Morgan fingerprint density at radius 1 is 1.54 bits per heavy atom. The van der Waals surface area contributed by atoms with E-state index in [1.165, 1.54) is 0 Å². The Kier molecular flexibility index (Phi) is 5.55. The molecular formula is C7H14ClNO3S. The lowest BCUT2D eigenvalue weighted by Gasteiger charge is -1.98. The van der Waals surface area contributed by atoms with E-state index in [0.717, 1.165) is 31.9 Å². The quantitative estimate of drug-likeness (QED) is 0.504. The van der Waals surface area contributed by atoms with Crippen molar-refractivity contribution in [1.29, 1.82) is 0 Å². The number of halogens is 1. The van der Waals surface area contributed by atoms with Gasteiger partial charge in [0.2, 0.25) is 0 Å². The molecule has 0 aliphatic carbocycles. The van der Waals surface area contributed by atoms with E-state index >= 15 is 0 Å². The van der Waals surface area contributed by atoms with Gasteiger partial charge in [-0.05, 0) is 6.08 Å². The van der Waals surface area contributed by atoms with Crippen LogP contribution in [0.2, 0.25) is 0 Å². The number of nitrogens with two attached hydrogens (primary N) is 1. The molecule has 78 valence electrons. The molecule has 0 aromatic rings. The normalized spacial score (nSPS) is 23.3. The van der Waals surface area contributed by atoms with Crippen LogP contribution in [0.1, 0.15) is 12.8 Å². The van der Waals surface area contributed by atoms with Crippen LogP contribution in [0.15, 0.2) is 11.5 Å². The van der Waals surface area contributed by atoms with Crippen LogP contribution in [0.25, 0.3) is 0 Å². The van der Waals surface area contributed by atoms with Crippen molar-refractivity contribution in [2.24, 2.45) is 0 Å². The van der Waals surface area contributed by atoms with Gasteiger partial charge < -0.3 is 17.7 Å². The van der Waals surface area contributed by atoms with Crippen molar-refractivity contribution in [2.75, 3.05) is 13.7 Å². The largest absolute Gasteiger partial charge is 1.00 e. The second-order valence-corrected chi connectivity index (χ2v) is 4.41. The number of hydrogen-bond donors (Lipinski definition) is 1. The van der Waals surface area contributed by atoms with Crippen LogP contribution >= 0.6 is 0 Å². The van der Waals surface area contributed by atoms with E-state index in [0.29, 0.717) is 6.04 Å². The summed E-state index contributed by atoms with van der Waals surface area (Å²) in [5.41, 5.74) is 0. The lowest BCUT2D eigenvalue weighted by molar-refractivity contribution is -0.659. The average molecular weight is 228 g/mol. The minimum absolute atomic E-state index is 0. The third-order valence-electron chi connectivity index (χ3n) is 1.94. The molecule has 0 aromatic carbocycles. The molecule has 0 unspecified atom stereocenters. The van der Waals surface area contributed by atoms with Gasteiger partial charge in [0.25, 0.3) is 10.1 Å². The standard InChI is InChI=1S/C7H13NO3S.ClH/c1-11-12(9,10)6-4-7-3-2-5-8-7;/h4,6-8H,2-3,5H2,1H3;1H/b6-4+;/t7-;/m0./s1. The van der Waals surface area contributed by atoms with Gasteiger partial charge in [0.1, 0.15) is 6.04 Å². The van der Waals surface area contributed by atoms with Crippen molar-refractivity contribution in [3.63, 3.8) is 0 Å². The van der Waals surface area contributed by atoms with Crippen molar-refractivity contribution in [3.05, 3.63) is 11.5 Å². The number of rotatable bonds is 3. The smallest absolute Gasteiger partial charge is 0.289 e. The molecule has 1 heterocycles. The van der Waals surface area contributed by atoms with Crippen LogP contribution in [-0.4, -0.2) is 28.1 Å². The number of quaternary nitrogens is 1. The van der Waals surface area contributed by atoms with E-state index in [1.807, 2.05) is 0 Å². The molecule has 0 radical (unpaired) electrons. The molecule has 1 rings (SSSR count). The molecule has 1 saturated heterocycles. The van der Waals surface area contributed by atoms with Gasteiger partial charge in [-0.3, -0.25) is 4.18 Å². The fourth-order valence-electron chi connectivity index (χ4n) is 1.23. The van der Waals surface area contributed by atoms with Crippen LogP contribution in [0.5, 0.6) is 0 Å². The summed E-state index contributed by atoms with van der Waals surface area (Å²) in [5.74, 6) is 0. The summed E-state index contributed by atoms with van der Waals surface area (Å²) in [6.07, 6.45) is 3.89. The molecule has 13 heavy (non-hydrogen) atoms. The first-order valence-corrected chi connectivity index (χ1v) is 5.43. The minimum atomic E-state index is -3.41. The van der Waals surface area contributed by atoms with Crippen LogP contribution in [0.3, 0.4) is 0 Å². The predicted octanol–water partition coefficient (Wildman–Crippen LogP) is -3.79. The Labute approximate surface area is 84.9 Å². The maximum absolute atomic E-state index is 10.8. The lowest BCUT2D eigenvalue weighted by Crippen LogP contribution is -3.00. The molecule has 0 spiro atoms. The molecule has 2 N–H and O–H groups in total. The maximum atomic E-state index is 10.8. The van der Waals surface area contributed by atoms with Crippen molar-refractivity contribution >= 4 is 10.1 Å². The second kappa shape index (κ2) is 5.59. The molecule has 1 fully saturated rings. The van der Waals surface area contributed by atoms with E-state index in [4.69, 9.17) is 0 Å². The predicted molar refractivity (Wildman–Crippen MR) is 44.9 cm³/mol. The van der Waals surface area contributed by atoms with Crippen LogP contribution in [-0.2, 0) is 14.3 Å². The second-order valence-electron chi connectivity index (χ2n) is 2.82. The highest BCUT2D eigenvalue weighted by atomic mass is 35.5. The molecule has 6 heteroatoms. The zero-order chi connectivity index (χ0) is 9.03. The zero-order valence-corrected chi connectivity index (χ0v) is 9.01. The van der Waals surface area contributed by atoms with E-state index in [1.54, 1.807) is 6.08 Å². The van der Waals surface area contributed by atoms with Crippen molar-refractivity contribution in [3.8, 4) is 0 Å². The summed E-state index contributed by atoms with van der Waals surface area (Å²) < 4.78 is 25.9. The molecule has 4 nitrogen and oxygen atoms in total. The molecule has 1 atom stereocenters. The summed E-state index contributed by atoms with van der Waals surface area (Å²) in [7, 11) is -2.24. The van der Waals surface area contributed by atoms with Crippen LogP contribution in [0, 0.1) is 0 Å². The third kappa shape index (κ3) is 4.61. The third-order valence-corrected chi connectivity index (χ3v) is 2.89. The Morgan fingerprint density at radius 2 is 2.23 bits per heavy atom. The van der Waals surface area contributed by atoms with Gasteiger partial charge in [0.15, 0.2) is 0 Å². The average Bonchev–Trinajstić information content (AvgIpc) is 2.53. The SMILES string of the molecule is COS(=O)(=O)/C=C/[C@@H]1CCC[NH2+]1.[Cl-]. The molecule has 0 saturated carbocycles. The van der Waals surface area contributed by atoms with Crippen molar-refractivity contribution in [1.82, 2.24) is 0 Å². The molecular weight excluding hydrogens is 214 g/mol. The number of hydrogen-bond acceptors (Lipinski definition) is 3. The van der Waals surface area contributed by atoms with Crippen molar-refractivity contribution in [2.45, 2.75) is 18.9 Å². The molecule has 0 bridgehead atoms. The monoisotopic (exact) mass is 227 g/mol. The molecule has 1 aliphatic heterocycles. The molecule has 0 aromatic heterocycles. The zero-order valence-electron chi connectivity index (χ0n) is 7.44. The summed E-state index contributed by atoms with van der Waals surface area (Å²) in [6.45, 7) is 1.09. The first-order valence-electron chi connectivity index (χ1n) is 3.96. The minimum Gasteiger partial charge on any atom is -1.00 e. The highest BCUT2D eigenvalue weighted by Gasteiger charge is 2.15. The van der Waals surface area contributed by atoms with E-state index in [2.05, 4.69) is 9.50 Å². The fraction of sp³-hybridized carbons (Fsp3) is 0.714. The van der Waals surface area contributed by atoms with Crippen LogP contribution in [0.4, 0.5) is 0 Å². The fourth-order valence-corrected chi connectivity index (χ4v) is 1.74. The summed E-state index contributed by atoms with van der Waals surface area (Å²) >= 11 is 0. The van der Waals surface area contributed by atoms with Crippen LogP contribution < -0.4 is 17.7 Å². The highest BCUT2D eigenvalue weighted by molar-refractivity contribution is 7.89. The Morgan fingerprint density at radius 3 is 2.69 bits per heavy atom. The van der Waals surface area contributed by atoms with Gasteiger partial charge in [0.05, 0.1) is 19.1 Å². The van der Waals surface area contributed by atoms with Gasteiger partial charge in [-0.2, -0.15) is 8.42 Å². The summed E-state index contributed by atoms with van der Waals surface area (Å²) in [4.78, 5) is 0. The Hall–Kier alpha value is -0.100. The topological polar surface area (TPSA) is 60.0 Å². The first-order chi connectivity index (χ1) is 5.64. The van der Waals surface area contributed by atoms with Gasteiger partial charge >= 0.3 is 0 Å². The van der Waals surface area contributed by atoms with E-state index in [-0.39, 0.29) is 12.4 Å². The summed E-state index contributed by atoms with van der Waals surface area (Å²) in [5, 5.41) is 3.27. The summed E-state index contributed by atoms with van der Waals surface area (Å²) in [6, 6.07) is 0.315. The Bertz CT molecular complexity index is 257. The van der Waals surface area contributed by atoms with Gasteiger partial charge in [-0.1, -0.05) is 0 Å². The molecule has 0 amide bonds. The first kappa shape index (κ1) is 12.9. The van der Waals surface area contributed by atoms with Crippen molar-refractivity contribution < 1.29 is 30.3 Å². The van der Waals surface area contributed by atoms with E-state index in [9.17, 15) is 8.42 Å². The van der Waals surface area contributed by atoms with Gasteiger partial charge in [-0.15, -0.1) is 0 Å². The highest BCUT2D eigenvalue weighted by Crippen LogP contribution is 2.01. The molecule has 1 aliphatic rings. The van der Waals surface area contributed by atoms with Gasteiger partial charge in [-0.25, -0.2) is 0 Å². The maximum Gasteiger partial charge on any atom is 0.289 e. The van der Waals surface area contributed by atoms with E-state index < -0.39 is 10.1 Å². The lowest BCUT2D eigenvalue weighted by atomic mass is 10.2.